The molecule has 26 heavy (non-hydrogen) atoms. The molecule has 138 valence electrons. The molecule has 1 fully saturated rings. The maximum absolute atomic E-state index is 12.7. The fourth-order valence-electron chi connectivity index (χ4n) is 3.18. The van der Waals surface area contributed by atoms with Gasteiger partial charge < -0.3 is 9.64 Å². The summed E-state index contributed by atoms with van der Waals surface area (Å²) in [5.41, 5.74) is 2.73. The lowest BCUT2D eigenvalue weighted by Crippen LogP contribution is -2.24. The molecule has 6 nitrogen and oxygen atoms in total. The molecule has 1 heterocycles. The fourth-order valence-corrected chi connectivity index (χ4v) is 4.46. The van der Waals surface area contributed by atoms with E-state index >= 15 is 0 Å². The molecule has 0 saturated carbocycles. The van der Waals surface area contributed by atoms with Gasteiger partial charge in [0.25, 0.3) is 10.0 Å². The Labute approximate surface area is 153 Å². The van der Waals surface area contributed by atoms with E-state index in [2.05, 4.69) is 4.72 Å². The molecule has 0 atom stereocenters. The molecule has 3 rings (SSSR count). The lowest BCUT2D eigenvalue weighted by molar-refractivity contribution is -0.117. The first kappa shape index (κ1) is 18.3. The molecule has 0 aromatic heterocycles. The molecule has 0 bridgehead atoms. The molecule has 7 heteroatoms. The Bertz CT molecular complexity index is 954. The summed E-state index contributed by atoms with van der Waals surface area (Å²) in [5.74, 6) is 0.507. The van der Waals surface area contributed by atoms with Crippen LogP contribution in [0.4, 0.5) is 11.4 Å². The standard InChI is InChI=1S/C19H22N2O4S/c1-13-6-9-18(14(2)11-13)26(23,24)20-15-7-8-16(17(12-15)25-3)21-10-4-5-19(21)22/h6-9,11-12,20H,4-5,10H2,1-3H3. The number of benzene rings is 2. The number of anilines is 2. The highest BCUT2D eigenvalue weighted by molar-refractivity contribution is 7.92. The number of methoxy groups -OCH3 is 1. The van der Waals surface area contributed by atoms with Crippen LogP contribution in [0.1, 0.15) is 24.0 Å². The highest BCUT2D eigenvalue weighted by atomic mass is 32.2. The summed E-state index contributed by atoms with van der Waals surface area (Å²) in [7, 11) is -2.21. The Balaban J connectivity index is 1.91. The van der Waals surface area contributed by atoms with Gasteiger partial charge >= 0.3 is 0 Å². The van der Waals surface area contributed by atoms with E-state index in [-0.39, 0.29) is 10.8 Å². The second-order valence-electron chi connectivity index (χ2n) is 6.41. The molecule has 1 aliphatic heterocycles. The normalized spacial score (nSPS) is 14.6. The molecule has 2 aromatic carbocycles. The Morgan fingerprint density at radius 3 is 2.50 bits per heavy atom. The summed E-state index contributed by atoms with van der Waals surface area (Å²) >= 11 is 0. The van der Waals surface area contributed by atoms with Crippen molar-refractivity contribution in [1.82, 2.24) is 0 Å². The van der Waals surface area contributed by atoms with Gasteiger partial charge in [0, 0.05) is 19.0 Å². The number of nitrogens with one attached hydrogen (secondary N) is 1. The maximum Gasteiger partial charge on any atom is 0.262 e. The number of amides is 1. The molecule has 0 unspecified atom stereocenters. The topological polar surface area (TPSA) is 75.7 Å². The maximum atomic E-state index is 12.7. The molecular formula is C19H22N2O4S. The third-order valence-corrected chi connectivity index (χ3v) is 5.96. The molecule has 2 aromatic rings. The van der Waals surface area contributed by atoms with Crippen LogP contribution in [-0.2, 0) is 14.8 Å². The predicted molar refractivity (Wildman–Crippen MR) is 101 cm³/mol. The number of nitrogens with zero attached hydrogens (tertiary/aromatic N) is 1. The van der Waals surface area contributed by atoms with Crippen LogP contribution < -0.4 is 14.4 Å². The van der Waals surface area contributed by atoms with Gasteiger partial charge in [0.05, 0.1) is 23.4 Å². The Hall–Kier alpha value is -2.54. The van der Waals surface area contributed by atoms with E-state index in [4.69, 9.17) is 4.74 Å². The number of sulfonamides is 1. The number of carbonyl (C=O) groups is 1. The summed E-state index contributed by atoms with van der Waals surface area (Å²) in [5, 5.41) is 0. The lowest BCUT2D eigenvalue weighted by atomic mass is 10.2. The SMILES string of the molecule is COc1cc(NS(=O)(=O)c2ccc(C)cc2C)ccc1N1CCCC1=O. The van der Waals surface area contributed by atoms with Crippen molar-refractivity contribution in [2.75, 3.05) is 23.3 Å². The van der Waals surface area contributed by atoms with Crippen molar-refractivity contribution < 1.29 is 17.9 Å². The van der Waals surface area contributed by atoms with E-state index in [0.717, 1.165) is 12.0 Å². The Kier molecular flexibility index (Phi) is 4.91. The number of carbonyl (C=O) groups excluding carboxylic acids is 1. The van der Waals surface area contributed by atoms with E-state index in [1.54, 1.807) is 42.2 Å². The number of aryl methyl sites for hydroxylation is 2. The van der Waals surface area contributed by atoms with Crippen molar-refractivity contribution in [1.29, 1.82) is 0 Å². The van der Waals surface area contributed by atoms with E-state index < -0.39 is 10.0 Å². The van der Waals surface area contributed by atoms with Crippen LogP contribution in [0.3, 0.4) is 0 Å². The van der Waals surface area contributed by atoms with Crippen LogP contribution in [-0.4, -0.2) is 28.0 Å². The first-order valence-electron chi connectivity index (χ1n) is 8.40. The van der Waals surface area contributed by atoms with Crippen LogP contribution in [0.5, 0.6) is 5.75 Å². The third-order valence-electron chi connectivity index (χ3n) is 4.42. The Morgan fingerprint density at radius 1 is 1.12 bits per heavy atom. The molecule has 0 radical (unpaired) electrons. The summed E-state index contributed by atoms with van der Waals surface area (Å²) in [6.45, 7) is 4.33. The molecule has 1 aliphatic rings. The zero-order valence-electron chi connectivity index (χ0n) is 15.1. The fraction of sp³-hybridized carbons (Fsp3) is 0.316. The first-order chi connectivity index (χ1) is 12.3. The van der Waals surface area contributed by atoms with Crippen molar-refractivity contribution in [2.45, 2.75) is 31.6 Å². The highest BCUT2D eigenvalue weighted by Gasteiger charge is 2.25. The minimum absolute atomic E-state index is 0.0481. The van der Waals surface area contributed by atoms with Gasteiger partial charge in [-0.3, -0.25) is 9.52 Å². The summed E-state index contributed by atoms with van der Waals surface area (Å²) in [6.07, 6.45) is 1.33. The van der Waals surface area contributed by atoms with Gasteiger partial charge in [-0.25, -0.2) is 8.42 Å². The quantitative estimate of drug-likeness (QED) is 0.872. The number of ether oxygens (including phenoxy) is 1. The van der Waals surface area contributed by atoms with E-state index in [0.29, 0.717) is 35.7 Å². The zero-order valence-corrected chi connectivity index (χ0v) is 15.9. The van der Waals surface area contributed by atoms with E-state index in [1.807, 2.05) is 13.0 Å². The molecule has 1 N–H and O–H groups in total. The minimum Gasteiger partial charge on any atom is -0.494 e. The molecular weight excluding hydrogens is 352 g/mol. The second-order valence-corrected chi connectivity index (χ2v) is 8.06. The van der Waals surface area contributed by atoms with Crippen LogP contribution in [0.2, 0.25) is 0 Å². The number of rotatable bonds is 5. The van der Waals surface area contributed by atoms with Gasteiger partial charge in [0.2, 0.25) is 5.91 Å². The first-order valence-corrected chi connectivity index (χ1v) is 9.88. The predicted octanol–water partition coefficient (Wildman–Crippen LogP) is 3.24. The average molecular weight is 374 g/mol. The number of hydrogen-bond donors (Lipinski definition) is 1. The van der Waals surface area contributed by atoms with Crippen LogP contribution in [0.15, 0.2) is 41.3 Å². The van der Waals surface area contributed by atoms with E-state index in [9.17, 15) is 13.2 Å². The van der Waals surface area contributed by atoms with Gasteiger partial charge in [0.15, 0.2) is 0 Å². The molecule has 1 saturated heterocycles. The van der Waals surface area contributed by atoms with Crippen molar-refractivity contribution >= 4 is 27.3 Å². The van der Waals surface area contributed by atoms with Crippen LogP contribution in [0.25, 0.3) is 0 Å². The van der Waals surface area contributed by atoms with Gasteiger partial charge in [-0.1, -0.05) is 17.7 Å². The number of hydrogen-bond acceptors (Lipinski definition) is 4. The van der Waals surface area contributed by atoms with E-state index in [1.165, 1.54) is 7.11 Å². The van der Waals surface area contributed by atoms with Crippen LogP contribution >= 0.6 is 0 Å². The molecule has 0 spiro atoms. The summed E-state index contributed by atoms with van der Waals surface area (Å²) < 4.78 is 33.4. The summed E-state index contributed by atoms with van der Waals surface area (Å²) in [6, 6.07) is 10.2. The Morgan fingerprint density at radius 2 is 1.88 bits per heavy atom. The van der Waals surface area contributed by atoms with Gasteiger partial charge in [0.1, 0.15) is 5.75 Å². The lowest BCUT2D eigenvalue weighted by Gasteiger charge is -2.20. The van der Waals surface area contributed by atoms with Crippen LogP contribution in [0, 0.1) is 13.8 Å². The minimum atomic E-state index is -3.71. The average Bonchev–Trinajstić information content (AvgIpc) is 2.99. The molecule has 0 aliphatic carbocycles. The zero-order chi connectivity index (χ0) is 18.9. The van der Waals surface area contributed by atoms with Gasteiger partial charge in [-0.15, -0.1) is 0 Å². The van der Waals surface area contributed by atoms with Crippen molar-refractivity contribution in [3.63, 3.8) is 0 Å². The van der Waals surface area contributed by atoms with Gasteiger partial charge in [-0.2, -0.15) is 0 Å². The smallest absolute Gasteiger partial charge is 0.262 e. The third kappa shape index (κ3) is 3.53. The monoisotopic (exact) mass is 374 g/mol. The largest absolute Gasteiger partial charge is 0.494 e. The van der Waals surface area contributed by atoms with Crippen molar-refractivity contribution in [3.8, 4) is 5.75 Å². The van der Waals surface area contributed by atoms with Gasteiger partial charge in [-0.05, 0) is 44.0 Å². The van der Waals surface area contributed by atoms with Crippen molar-refractivity contribution in [3.05, 3.63) is 47.5 Å². The highest BCUT2D eigenvalue weighted by Crippen LogP contribution is 2.34. The molecule has 1 amide bonds. The summed E-state index contributed by atoms with van der Waals surface area (Å²) in [4.78, 5) is 13.9. The van der Waals surface area contributed by atoms with Crippen molar-refractivity contribution in [2.24, 2.45) is 0 Å². The second kappa shape index (κ2) is 6.99.